The predicted octanol–water partition coefficient (Wildman–Crippen LogP) is 2.66. The van der Waals surface area contributed by atoms with Crippen LogP contribution < -0.4 is 4.74 Å². The standard InChI is InChI=1S/C12H13BrO3/c1-15-10-7-8(13)3-4-9(10)12(5-6-12)11(14)16-2/h3-4,7H,5-6H2,1-2H3. The number of carbonyl (C=O) groups excluding carboxylic acids is 1. The summed E-state index contributed by atoms with van der Waals surface area (Å²) in [5.41, 5.74) is 0.450. The van der Waals surface area contributed by atoms with E-state index in [9.17, 15) is 4.79 Å². The van der Waals surface area contributed by atoms with Gasteiger partial charge in [0, 0.05) is 10.0 Å². The highest BCUT2D eigenvalue weighted by Gasteiger charge is 2.54. The maximum Gasteiger partial charge on any atom is 0.316 e. The van der Waals surface area contributed by atoms with Gasteiger partial charge in [-0.15, -0.1) is 0 Å². The first-order valence-electron chi connectivity index (χ1n) is 5.06. The molecule has 0 N–H and O–H groups in total. The van der Waals surface area contributed by atoms with Crippen LogP contribution in [0.15, 0.2) is 22.7 Å². The van der Waals surface area contributed by atoms with Crippen LogP contribution in [-0.2, 0) is 14.9 Å². The Bertz CT molecular complexity index is 424. The van der Waals surface area contributed by atoms with Crippen molar-refractivity contribution in [3.63, 3.8) is 0 Å². The average molecular weight is 285 g/mol. The summed E-state index contributed by atoms with van der Waals surface area (Å²) in [7, 11) is 3.03. The van der Waals surface area contributed by atoms with Crippen molar-refractivity contribution >= 4 is 21.9 Å². The first-order valence-corrected chi connectivity index (χ1v) is 5.86. The molecule has 0 aromatic heterocycles. The number of hydrogen-bond donors (Lipinski definition) is 0. The molecular formula is C12H13BrO3. The number of carbonyl (C=O) groups is 1. The number of hydrogen-bond acceptors (Lipinski definition) is 3. The number of ether oxygens (including phenoxy) is 2. The predicted molar refractivity (Wildman–Crippen MR) is 63.6 cm³/mol. The second-order valence-electron chi connectivity index (χ2n) is 3.92. The van der Waals surface area contributed by atoms with Gasteiger partial charge in [-0.05, 0) is 25.0 Å². The van der Waals surface area contributed by atoms with Gasteiger partial charge in [0.15, 0.2) is 0 Å². The molecule has 0 spiro atoms. The largest absolute Gasteiger partial charge is 0.496 e. The molecule has 1 fully saturated rings. The first-order chi connectivity index (χ1) is 7.64. The summed E-state index contributed by atoms with van der Waals surface area (Å²) in [5.74, 6) is 0.561. The third-order valence-corrected chi connectivity index (χ3v) is 3.50. The lowest BCUT2D eigenvalue weighted by Crippen LogP contribution is -2.22. The fourth-order valence-electron chi connectivity index (χ4n) is 1.96. The van der Waals surface area contributed by atoms with E-state index < -0.39 is 5.41 Å². The highest BCUT2D eigenvalue weighted by atomic mass is 79.9. The van der Waals surface area contributed by atoms with Crippen molar-refractivity contribution in [2.75, 3.05) is 14.2 Å². The number of benzene rings is 1. The third-order valence-electron chi connectivity index (χ3n) is 3.01. The van der Waals surface area contributed by atoms with Crippen LogP contribution in [0.25, 0.3) is 0 Å². The van der Waals surface area contributed by atoms with E-state index in [0.717, 1.165) is 28.6 Å². The van der Waals surface area contributed by atoms with Gasteiger partial charge in [-0.2, -0.15) is 0 Å². The minimum absolute atomic E-state index is 0.173. The van der Waals surface area contributed by atoms with E-state index >= 15 is 0 Å². The molecule has 3 nitrogen and oxygen atoms in total. The van der Waals surface area contributed by atoms with Crippen molar-refractivity contribution in [1.82, 2.24) is 0 Å². The van der Waals surface area contributed by atoms with E-state index in [1.807, 2.05) is 18.2 Å². The van der Waals surface area contributed by atoms with Gasteiger partial charge in [-0.3, -0.25) is 4.79 Å². The highest BCUT2D eigenvalue weighted by molar-refractivity contribution is 9.10. The fraction of sp³-hybridized carbons (Fsp3) is 0.417. The molecule has 4 heteroatoms. The van der Waals surface area contributed by atoms with Gasteiger partial charge in [-0.1, -0.05) is 22.0 Å². The van der Waals surface area contributed by atoms with E-state index in [1.54, 1.807) is 7.11 Å². The van der Waals surface area contributed by atoms with Crippen molar-refractivity contribution in [2.24, 2.45) is 0 Å². The number of halogens is 1. The number of methoxy groups -OCH3 is 2. The van der Waals surface area contributed by atoms with Gasteiger partial charge in [0.2, 0.25) is 0 Å². The Morgan fingerprint density at radius 3 is 2.56 bits per heavy atom. The van der Waals surface area contributed by atoms with Gasteiger partial charge >= 0.3 is 5.97 Å². The van der Waals surface area contributed by atoms with Crippen LogP contribution in [-0.4, -0.2) is 20.2 Å². The molecule has 0 saturated heterocycles. The van der Waals surface area contributed by atoms with Gasteiger partial charge in [0.05, 0.1) is 19.6 Å². The van der Waals surface area contributed by atoms with Crippen molar-refractivity contribution in [3.8, 4) is 5.75 Å². The summed E-state index contributed by atoms with van der Waals surface area (Å²) in [6, 6.07) is 5.71. The minimum Gasteiger partial charge on any atom is -0.496 e. The Labute approximate surface area is 103 Å². The molecule has 0 atom stereocenters. The van der Waals surface area contributed by atoms with Gasteiger partial charge in [0.25, 0.3) is 0 Å². The molecule has 1 aliphatic carbocycles. The molecule has 0 bridgehead atoms. The molecular weight excluding hydrogens is 272 g/mol. The smallest absolute Gasteiger partial charge is 0.316 e. The Balaban J connectivity index is 2.44. The maximum absolute atomic E-state index is 11.8. The quantitative estimate of drug-likeness (QED) is 0.801. The lowest BCUT2D eigenvalue weighted by atomic mass is 9.95. The van der Waals surface area contributed by atoms with E-state index in [2.05, 4.69) is 15.9 Å². The zero-order chi connectivity index (χ0) is 11.8. The summed E-state index contributed by atoms with van der Waals surface area (Å²) in [6.07, 6.45) is 1.66. The number of esters is 1. The van der Waals surface area contributed by atoms with Crippen LogP contribution in [0.5, 0.6) is 5.75 Å². The zero-order valence-corrected chi connectivity index (χ0v) is 10.8. The zero-order valence-electron chi connectivity index (χ0n) is 9.25. The highest BCUT2D eigenvalue weighted by Crippen LogP contribution is 2.52. The normalized spacial score (nSPS) is 16.7. The van der Waals surface area contributed by atoms with Crippen molar-refractivity contribution < 1.29 is 14.3 Å². The third kappa shape index (κ3) is 1.71. The molecule has 0 amide bonds. The summed E-state index contributed by atoms with van der Waals surface area (Å²) < 4.78 is 11.1. The molecule has 0 unspecified atom stereocenters. The number of rotatable bonds is 3. The van der Waals surface area contributed by atoms with Crippen LogP contribution in [0.4, 0.5) is 0 Å². The van der Waals surface area contributed by atoms with Crippen LogP contribution in [0, 0.1) is 0 Å². The molecule has 1 saturated carbocycles. The van der Waals surface area contributed by atoms with E-state index in [0.29, 0.717) is 0 Å². The molecule has 1 aliphatic rings. The van der Waals surface area contributed by atoms with Crippen LogP contribution in [0.1, 0.15) is 18.4 Å². The lowest BCUT2D eigenvalue weighted by molar-refractivity contribution is -0.143. The fourth-order valence-corrected chi connectivity index (χ4v) is 2.30. The van der Waals surface area contributed by atoms with Crippen LogP contribution >= 0.6 is 15.9 Å². The van der Waals surface area contributed by atoms with Crippen molar-refractivity contribution in [3.05, 3.63) is 28.2 Å². The summed E-state index contributed by atoms with van der Waals surface area (Å²) in [4.78, 5) is 11.8. The minimum atomic E-state index is -0.471. The van der Waals surface area contributed by atoms with E-state index in [-0.39, 0.29) is 5.97 Å². The molecule has 0 radical (unpaired) electrons. The second-order valence-corrected chi connectivity index (χ2v) is 4.83. The molecule has 86 valence electrons. The van der Waals surface area contributed by atoms with Crippen molar-refractivity contribution in [1.29, 1.82) is 0 Å². The summed E-state index contributed by atoms with van der Waals surface area (Å²) in [6.45, 7) is 0. The van der Waals surface area contributed by atoms with Crippen LogP contribution in [0.3, 0.4) is 0 Å². The Hall–Kier alpha value is -1.03. The van der Waals surface area contributed by atoms with E-state index in [1.165, 1.54) is 7.11 Å². The Morgan fingerprint density at radius 2 is 2.06 bits per heavy atom. The topological polar surface area (TPSA) is 35.5 Å². The molecule has 1 aromatic carbocycles. The Kier molecular flexibility index (Phi) is 2.93. The molecule has 1 aromatic rings. The monoisotopic (exact) mass is 284 g/mol. The molecule has 0 heterocycles. The van der Waals surface area contributed by atoms with Crippen molar-refractivity contribution in [2.45, 2.75) is 18.3 Å². The van der Waals surface area contributed by atoms with Gasteiger partial charge in [-0.25, -0.2) is 0 Å². The Morgan fingerprint density at radius 1 is 1.38 bits per heavy atom. The van der Waals surface area contributed by atoms with Crippen LogP contribution in [0.2, 0.25) is 0 Å². The SMILES string of the molecule is COC(=O)C1(c2ccc(Br)cc2OC)CC1. The molecule has 16 heavy (non-hydrogen) atoms. The van der Waals surface area contributed by atoms with Gasteiger partial charge in [0.1, 0.15) is 5.75 Å². The molecule has 0 aliphatic heterocycles. The summed E-state index contributed by atoms with van der Waals surface area (Å²) in [5, 5.41) is 0. The maximum atomic E-state index is 11.8. The lowest BCUT2D eigenvalue weighted by Gasteiger charge is -2.16. The second kappa shape index (κ2) is 4.09. The molecule has 2 rings (SSSR count). The van der Waals surface area contributed by atoms with E-state index in [4.69, 9.17) is 9.47 Å². The first kappa shape index (κ1) is 11.5. The summed E-state index contributed by atoms with van der Waals surface area (Å²) >= 11 is 3.38. The van der Waals surface area contributed by atoms with Gasteiger partial charge < -0.3 is 9.47 Å². The average Bonchev–Trinajstić information content (AvgIpc) is 3.09.